The molecule has 124 valence electrons. The van der Waals surface area contributed by atoms with E-state index < -0.39 is 22.7 Å². The van der Waals surface area contributed by atoms with Crippen LogP contribution in [0.1, 0.15) is 18.5 Å². The molecule has 0 amide bonds. The van der Waals surface area contributed by atoms with Gasteiger partial charge in [0.15, 0.2) is 0 Å². The lowest BCUT2D eigenvalue weighted by atomic mass is 10.1. The molecular formula is C15H14ClF2NO3S. The van der Waals surface area contributed by atoms with Crippen molar-refractivity contribution in [1.29, 1.82) is 0 Å². The van der Waals surface area contributed by atoms with Gasteiger partial charge in [0.05, 0.1) is 4.90 Å². The number of halogens is 3. The van der Waals surface area contributed by atoms with E-state index in [2.05, 4.69) is 9.46 Å². The highest BCUT2D eigenvalue weighted by Gasteiger charge is 2.21. The summed E-state index contributed by atoms with van der Waals surface area (Å²) in [6.07, 6.45) is 0. The number of benzene rings is 2. The van der Waals surface area contributed by atoms with Crippen LogP contribution in [0.25, 0.3) is 0 Å². The molecule has 23 heavy (non-hydrogen) atoms. The monoisotopic (exact) mass is 361 g/mol. The Hall–Kier alpha value is -1.70. The molecule has 2 rings (SSSR count). The van der Waals surface area contributed by atoms with Gasteiger partial charge in [-0.1, -0.05) is 29.8 Å². The molecule has 4 nitrogen and oxygen atoms in total. The number of hydrogen-bond acceptors (Lipinski definition) is 3. The SMILES string of the molecule is C[C@@H](NS(=O)(=O)c1ccc(Cl)cc1)c1ccccc1OC(F)F. The van der Waals surface area contributed by atoms with Gasteiger partial charge in [0.1, 0.15) is 5.75 Å². The molecule has 1 atom stereocenters. The lowest BCUT2D eigenvalue weighted by Crippen LogP contribution is -2.27. The Kier molecular flexibility index (Phi) is 5.56. The van der Waals surface area contributed by atoms with E-state index in [0.717, 1.165) is 0 Å². The van der Waals surface area contributed by atoms with Crippen molar-refractivity contribution in [2.75, 3.05) is 0 Å². The maximum Gasteiger partial charge on any atom is 0.387 e. The number of nitrogens with one attached hydrogen (secondary N) is 1. The molecule has 8 heteroatoms. The highest BCUT2D eigenvalue weighted by atomic mass is 35.5. The first-order valence-corrected chi connectivity index (χ1v) is 8.47. The fraction of sp³-hybridized carbons (Fsp3) is 0.200. The van der Waals surface area contributed by atoms with Crippen LogP contribution in [0.15, 0.2) is 53.4 Å². The number of sulfonamides is 1. The Labute approximate surface area is 138 Å². The molecule has 0 aliphatic rings. The van der Waals surface area contributed by atoms with Crippen LogP contribution in [0, 0.1) is 0 Å². The predicted molar refractivity (Wildman–Crippen MR) is 83.3 cm³/mol. The molecule has 0 spiro atoms. The number of rotatable bonds is 6. The fourth-order valence-corrected chi connectivity index (χ4v) is 3.37. The molecule has 0 saturated heterocycles. The molecule has 2 aromatic carbocycles. The maximum atomic E-state index is 12.4. The summed E-state index contributed by atoms with van der Waals surface area (Å²) >= 11 is 5.73. The van der Waals surface area contributed by atoms with Crippen LogP contribution in [0.2, 0.25) is 5.02 Å². The van der Waals surface area contributed by atoms with Crippen LogP contribution in [0.4, 0.5) is 8.78 Å². The van der Waals surface area contributed by atoms with Gasteiger partial charge >= 0.3 is 6.61 Å². The molecule has 0 bridgehead atoms. The third-order valence-electron chi connectivity index (χ3n) is 3.06. The fourth-order valence-electron chi connectivity index (χ4n) is 2.02. The number of para-hydroxylation sites is 1. The summed E-state index contributed by atoms with van der Waals surface area (Å²) in [6.45, 7) is -1.45. The van der Waals surface area contributed by atoms with E-state index in [1.165, 1.54) is 42.5 Å². The van der Waals surface area contributed by atoms with Crippen LogP contribution in [-0.2, 0) is 10.0 Å². The minimum absolute atomic E-state index is 0.0287. The lowest BCUT2D eigenvalue weighted by Gasteiger charge is -2.18. The summed E-state index contributed by atoms with van der Waals surface area (Å²) < 4.78 is 56.3. The molecule has 0 aromatic heterocycles. The third-order valence-corrected chi connectivity index (χ3v) is 4.87. The Morgan fingerprint density at radius 1 is 1.09 bits per heavy atom. The average molecular weight is 362 g/mol. The van der Waals surface area contributed by atoms with Crippen molar-refractivity contribution in [1.82, 2.24) is 4.72 Å². The second-order valence-electron chi connectivity index (χ2n) is 4.71. The van der Waals surface area contributed by atoms with E-state index in [4.69, 9.17) is 11.6 Å². The second kappa shape index (κ2) is 7.25. The second-order valence-corrected chi connectivity index (χ2v) is 6.86. The third kappa shape index (κ3) is 4.63. The van der Waals surface area contributed by atoms with E-state index in [1.807, 2.05) is 0 Å². The van der Waals surface area contributed by atoms with Crippen molar-refractivity contribution in [3.8, 4) is 5.75 Å². The zero-order valence-electron chi connectivity index (χ0n) is 12.0. The quantitative estimate of drug-likeness (QED) is 0.846. The van der Waals surface area contributed by atoms with Crippen molar-refractivity contribution >= 4 is 21.6 Å². The van der Waals surface area contributed by atoms with E-state index >= 15 is 0 Å². The van der Waals surface area contributed by atoms with Gasteiger partial charge in [-0.05, 0) is 37.3 Å². The summed E-state index contributed by atoms with van der Waals surface area (Å²) in [5, 5.41) is 0.410. The Bertz CT molecular complexity index is 767. The summed E-state index contributed by atoms with van der Waals surface area (Å²) in [5.74, 6) is -0.0752. The van der Waals surface area contributed by atoms with Crippen molar-refractivity contribution < 1.29 is 21.9 Å². The van der Waals surface area contributed by atoms with Gasteiger partial charge in [0.2, 0.25) is 10.0 Å². The van der Waals surface area contributed by atoms with Crippen LogP contribution >= 0.6 is 11.6 Å². The Morgan fingerprint density at radius 2 is 1.70 bits per heavy atom. The van der Waals surface area contributed by atoms with Crippen LogP contribution in [0.3, 0.4) is 0 Å². The topological polar surface area (TPSA) is 55.4 Å². The van der Waals surface area contributed by atoms with Crippen molar-refractivity contribution in [2.45, 2.75) is 24.5 Å². The normalized spacial score (nSPS) is 13.1. The lowest BCUT2D eigenvalue weighted by molar-refractivity contribution is -0.0506. The first-order chi connectivity index (χ1) is 10.8. The average Bonchev–Trinajstić information content (AvgIpc) is 2.47. The smallest absolute Gasteiger partial charge is 0.387 e. The van der Waals surface area contributed by atoms with Crippen molar-refractivity contribution in [3.05, 3.63) is 59.1 Å². The number of alkyl halides is 2. The van der Waals surface area contributed by atoms with E-state index in [0.29, 0.717) is 10.6 Å². The summed E-state index contributed by atoms with van der Waals surface area (Å²) in [5.41, 5.74) is 0.310. The molecule has 0 radical (unpaired) electrons. The van der Waals surface area contributed by atoms with Gasteiger partial charge in [-0.15, -0.1) is 0 Å². The van der Waals surface area contributed by atoms with Crippen molar-refractivity contribution in [3.63, 3.8) is 0 Å². The molecule has 0 aliphatic carbocycles. The molecule has 1 N–H and O–H groups in total. The Balaban J connectivity index is 2.24. The molecule has 0 aliphatic heterocycles. The minimum atomic E-state index is -3.82. The van der Waals surface area contributed by atoms with Gasteiger partial charge in [-0.25, -0.2) is 13.1 Å². The van der Waals surface area contributed by atoms with Crippen LogP contribution < -0.4 is 9.46 Å². The summed E-state index contributed by atoms with van der Waals surface area (Å²) in [6, 6.07) is 10.9. The highest BCUT2D eigenvalue weighted by molar-refractivity contribution is 7.89. The summed E-state index contributed by atoms with van der Waals surface area (Å²) in [4.78, 5) is 0.0287. The molecule has 0 saturated carbocycles. The van der Waals surface area contributed by atoms with Crippen molar-refractivity contribution in [2.24, 2.45) is 0 Å². The van der Waals surface area contributed by atoms with E-state index in [9.17, 15) is 17.2 Å². The maximum absolute atomic E-state index is 12.4. The molecule has 0 fully saturated rings. The molecule has 2 aromatic rings. The van der Waals surface area contributed by atoms with Crippen LogP contribution in [0.5, 0.6) is 5.75 Å². The van der Waals surface area contributed by atoms with Crippen LogP contribution in [-0.4, -0.2) is 15.0 Å². The van der Waals surface area contributed by atoms with Gasteiger partial charge in [-0.3, -0.25) is 0 Å². The molecule has 0 heterocycles. The minimum Gasteiger partial charge on any atom is -0.434 e. The van der Waals surface area contributed by atoms with Gasteiger partial charge < -0.3 is 4.74 Å². The largest absolute Gasteiger partial charge is 0.434 e. The zero-order valence-corrected chi connectivity index (χ0v) is 13.6. The number of ether oxygens (including phenoxy) is 1. The standard InChI is InChI=1S/C15H14ClF2NO3S/c1-10(13-4-2-3-5-14(13)22-15(17)18)19-23(20,21)12-8-6-11(16)7-9-12/h2-10,15,19H,1H3/t10-/m1/s1. The number of hydrogen-bond donors (Lipinski definition) is 1. The Morgan fingerprint density at radius 3 is 2.30 bits per heavy atom. The van der Waals surface area contributed by atoms with E-state index in [-0.39, 0.29) is 10.6 Å². The summed E-state index contributed by atoms with van der Waals surface area (Å²) in [7, 11) is -3.82. The van der Waals surface area contributed by atoms with Gasteiger partial charge in [-0.2, -0.15) is 8.78 Å². The van der Waals surface area contributed by atoms with Gasteiger partial charge in [0.25, 0.3) is 0 Å². The predicted octanol–water partition coefficient (Wildman–Crippen LogP) is 3.98. The van der Waals surface area contributed by atoms with E-state index in [1.54, 1.807) is 13.0 Å². The molecular weight excluding hydrogens is 348 g/mol. The zero-order chi connectivity index (χ0) is 17.0. The van der Waals surface area contributed by atoms with Gasteiger partial charge in [0, 0.05) is 16.6 Å². The molecule has 0 unspecified atom stereocenters. The highest BCUT2D eigenvalue weighted by Crippen LogP contribution is 2.27. The first kappa shape index (κ1) is 17.7. The first-order valence-electron chi connectivity index (χ1n) is 6.61.